The topological polar surface area (TPSA) is 122 Å². The first-order valence-corrected chi connectivity index (χ1v) is 10.8. The molecule has 0 aliphatic carbocycles. The number of benzene rings is 2. The van der Waals surface area contributed by atoms with Gasteiger partial charge in [-0.2, -0.15) is 0 Å². The molecule has 3 rings (SSSR count). The van der Waals surface area contributed by atoms with Gasteiger partial charge < -0.3 is 15.0 Å². The second kappa shape index (κ2) is 7.95. The van der Waals surface area contributed by atoms with Crippen molar-refractivity contribution >= 4 is 65.6 Å². The third kappa shape index (κ3) is 4.07. The minimum absolute atomic E-state index is 0.00605. The lowest BCUT2D eigenvalue weighted by Gasteiger charge is -2.04. The van der Waals surface area contributed by atoms with Gasteiger partial charge in [-0.3, -0.25) is 0 Å². The van der Waals surface area contributed by atoms with Crippen LogP contribution >= 0.6 is 28.1 Å². The maximum absolute atomic E-state index is 11.3. The van der Waals surface area contributed by atoms with Gasteiger partial charge in [0.25, 0.3) is 0 Å². The Balaban J connectivity index is 1.85. The number of aromatic nitrogens is 1. The predicted octanol–water partition coefficient (Wildman–Crippen LogP) is 4.26. The summed E-state index contributed by atoms with van der Waals surface area (Å²) in [6.45, 7) is 2.47. The number of nitrogens with zero attached hydrogens (tertiary/aromatic N) is 3. The summed E-state index contributed by atoms with van der Waals surface area (Å²) >= 11 is 8.64. The van der Waals surface area contributed by atoms with Gasteiger partial charge >= 0.3 is 0 Å². The number of rotatable bonds is 4. The van der Waals surface area contributed by atoms with Crippen molar-refractivity contribution in [3.05, 3.63) is 46.9 Å². The van der Waals surface area contributed by atoms with Crippen molar-refractivity contribution in [3.63, 3.8) is 0 Å². The van der Waals surface area contributed by atoms with Crippen molar-refractivity contribution in [2.75, 3.05) is 5.32 Å². The van der Waals surface area contributed by atoms with Crippen molar-refractivity contribution in [2.45, 2.75) is 18.4 Å². The molecular formula is C17H16BrN5O3S2. The molecule has 8 nitrogen and oxygen atoms in total. The first-order chi connectivity index (χ1) is 13.2. The highest BCUT2D eigenvalue weighted by Crippen LogP contribution is 2.41. The number of halogens is 1. The van der Waals surface area contributed by atoms with E-state index in [4.69, 9.17) is 17.4 Å². The van der Waals surface area contributed by atoms with Crippen LogP contribution in [0.15, 0.2) is 62.1 Å². The van der Waals surface area contributed by atoms with Gasteiger partial charge in [0.15, 0.2) is 5.69 Å². The van der Waals surface area contributed by atoms with Crippen molar-refractivity contribution in [1.82, 2.24) is 4.57 Å². The van der Waals surface area contributed by atoms with E-state index in [1.165, 1.54) is 24.3 Å². The fourth-order valence-electron chi connectivity index (χ4n) is 2.71. The van der Waals surface area contributed by atoms with Crippen LogP contribution in [-0.2, 0) is 16.6 Å². The molecule has 0 unspecified atom stereocenters. The fourth-order valence-corrected chi connectivity index (χ4v) is 3.97. The van der Waals surface area contributed by atoms with Gasteiger partial charge in [-0.25, -0.2) is 13.6 Å². The number of para-hydroxylation sites is 1. The molecule has 2 aromatic carbocycles. The first kappa shape index (κ1) is 20.4. The molecule has 11 heteroatoms. The number of thiocarbonyl (C=S) groups is 1. The number of anilines is 1. The quantitative estimate of drug-likeness (QED) is 0.379. The molecule has 1 heterocycles. The van der Waals surface area contributed by atoms with E-state index in [1.54, 1.807) is 4.57 Å². The molecule has 0 amide bonds. The van der Waals surface area contributed by atoms with Gasteiger partial charge in [-0.15, -0.1) is 10.2 Å². The number of aromatic hydroxyl groups is 1. The Kier molecular flexibility index (Phi) is 5.79. The molecule has 0 fully saturated rings. The molecule has 0 spiro atoms. The van der Waals surface area contributed by atoms with Crippen molar-refractivity contribution < 1.29 is 13.5 Å². The first-order valence-electron chi connectivity index (χ1n) is 8.07. The number of azo groups is 1. The van der Waals surface area contributed by atoms with Crippen molar-refractivity contribution in [3.8, 4) is 5.88 Å². The summed E-state index contributed by atoms with van der Waals surface area (Å²) in [6.07, 6.45) is 0. The third-order valence-electron chi connectivity index (χ3n) is 3.97. The van der Waals surface area contributed by atoms with Crippen LogP contribution < -0.4 is 10.5 Å². The standard InChI is InChI=1S/C17H16BrN5O3S2/c1-2-23-15-12(4-3-5-13(15)18)14(16(23)24)21-22-17(27)20-10-6-8-11(9-7-10)28(19,25)26/h3-9,24H,2H2,1H3,(H,20,27)(H2,19,25,26). The summed E-state index contributed by atoms with van der Waals surface area (Å²) in [5.74, 6) is -0.00606. The number of fused-ring (bicyclic) bond motifs is 1. The molecule has 28 heavy (non-hydrogen) atoms. The molecule has 0 saturated heterocycles. The highest BCUT2D eigenvalue weighted by atomic mass is 79.9. The van der Waals surface area contributed by atoms with Gasteiger partial charge in [0.2, 0.25) is 21.0 Å². The number of primary sulfonamides is 1. The molecule has 0 bridgehead atoms. The normalized spacial score (nSPS) is 12.0. The van der Waals surface area contributed by atoms with Crippen LogP contribution in [-0.4, -0.2) is 23.2 Å². The molecule has 146 valence electrons. The molecule has 3 aromatic rings. The van der Waals surface area contributed by atoms with Crippen LogP contribution in [0.3, 0.4) is 0 Å². The highest BCUT2D eigenvalue weighted by molar-refractivity contribution is 9.10. The van der Waals surface area contributed by atoms with E-state index < -0.39 is 10.0 Å². The monoisotopic (exact) mass is 481 g/mol. The Hall–Kier alpha value is -2.34. The zero-order valence-electron chi connectivity index (χ0n) is 14.6. The average molecular weight is 482 g/mol. The largest absolute Gasteiger partial charge is 0.493 e. The van der Waals surface area contributed by atoms with Crippen molar-refractivity contribution in [2.24, 2.45) is 15.4 Å². The molecule has 1 aromatic heterocycles. The predicted molar refractivity (Wildman–Crippen MR) is 116 cm³/mol. The Bertz CT molecular complexity index is 1190. The number of nitrogens with two attached hydrogens (primary N) is 1. The van der Waals surface area contributed by atoms with Gasteiger partial charge in [0, 0.05) is 22.1 Å². The number of hydrogen-bond donors (Lipinski definition) is 3. The van der Waals surface area contributed by atoms with Crippen LogP contribution in [0.4, 0.5) is 11.4 Å². The summed E-state index contributed by atoms with van der Waals surface area (Å²) in [5, 5.41) is 27.3. The number of aryl methyl sites for hydroxylation is 1. The minimum atomic E-state index is -3.76. The Morgan fingerprint density at radius 1 is 1.29 bits per heavy atom. The zero-order valence-corrected chi connectivity index (χ0v) is 17.8. The number of hydrogen-bond acceptors (Lipinski definition) is 5. The molecule has 0 radical (unpaired) electrons. The number of sulfonamides is 1. The number of nitrogens with one attached hydrogen (secondary N) is 1. The van der Waals surface area contributed by atoms with Crippen LogP contribution in [0.1, 0.15) is 6.92 Å². The third-order valence-corrected chi connectivity index (χ3v) is 5.72. The Morgan fingerprint density at radius 2 is 1.96 bits per heavy atom. The van der Waals surface area contributed by atoms with Crippen LogP contribution in [0, 0.1) is 0 Å². The van der Waals surface area contributed by atoms with Crippen LogP contribution in [0.2, 0.25) is 0 Å². The SMILES string of the molecule is CCn1c(O)c(N=NC(=S)Nc2ccc(S(N)(=O)=O)cc2)c2cccc(Br)c21. The summed E-state index contributed by atoms with van der Waals surface area (Å²) in [5.41, 5.74) is 1.65. The lowest BCUT2D eigenvalue weighted by atomic mass is 10.2. The van der Waals surface area contributed by atoms with E-state index >= 15 is 0 Å². The fraction of sp³-hybridized carbons (Fsp3) is 0.118. The molecular weight excluding hydrogens is 466 g/mol. The van der Waals surface area contributed by atoms with Crippen molar-refractivity contribution in [1.29, 1.82) is 0 Å². The Labute approximate surface area is 175 Å². The van der Waals surface area contributed by atoms with Gasteiger partial charge in [0.1, 0.15) is 0 Å². The lowest BCUT2D eigenvalue weighted by Crippen LogP contribution is -2.12. The maximum atomic E-state index is 11.3. The molecule has 0 saturated carbocycles. The average Bonchev–Trinajstić information content (AvgIpc) is 2.92. The summed E-state index contributed by atoms with van der Waals surface area (Å²) in [7, 11) is -3.76. The van der Waals surface area contributed by atoms with E-state index in [0.29, 0.717) is 17.9 Å². The molecule has 4 N–H and O–H groups in total. The molecule has 0 aliphatic rings. The van der Waals surface area contributed by atoms with Gasteiger partial charge in [-0.1, -0.05) is 12.1 Å². The second-order valence-electron chi connectivity index (χ2n) is 5.75. The summed E-state index contributed by atoms with van der Waals surface area (Å²) in [6, 6.07) is 11.3. The summed E-state index contributed by atoms with van der Waals surface area (Å²) in [4.78, 5) is -0.00605. The summed E-state index contributed by atoms with van der Waals surface area (Å²) < 4.78 is 25.1. The second-order valence-corrected chi connectivity index (χ2v) is 8.55. The van der Waals surface area contributed by atoms with E-state index in [0.717, 1.165) is 15.4 Å². The van der Waals surface area contributed by atoms with Crippen LogP contribution in [0.5, 0.6) is 5.88 Å². The van der Waals surface area contributed by atoms with E-state index in [1.807, 2.05) is 25.1 Å². The highest BCUT2D eigenvalue weighted by Gasteiger charge is 2.17. The smallest absolute Gasteiger partial charge is 0.238 e. The Morgan fingerprint density at radius 3 is 2.57 bits per heavy atom. The maximum Gasteiger partial charge on any atom is 0.238 e. The zero-order chi connectivity index (χ0) is 20.5. The van der Waals surface area contributed by atoms with Crippen LogP contribution in [0.25, 0.3) is 10.9 Å². The molecule has 0 atom stereocenters. The van der Waals surface area contributed by atoms with E-state index in [9.17, 15) is 13.5 Å². The van der Waals surface area contributed by atoms with Gasteiger partial charge in [-0.05, 0) is 65.4 Å². The van der Waals surface area contributed by atoms with E-state index in [2.05, 4.69) is 31.5 Å². The molecule has 0 aliphatic heterocycles. The van der Waals surface area contributed by atoms with Gasteiger partial charge in [0.05, 0.1) is 10.4 Å². The lowest BCUT2D eigenvalue weighted by molar-refractivity contribution is 0.427. The minimum Gasteiger partial charge on any atom is -0.493 e. The van der Waals surface area contributed by atoms with E-state index in [-0.39, 0.29) is 15.9 Å².